The summed E-state index contributed by atoms with van der Waals surface area (Å²) >= 11 is 0. The molecule has 5 nitrogen and oxygen atoms in total. The van der Waals surface area contributed by atoms with Crippen LogP contribution in [0.4, 0.5) is 0 Å². The summed E-state index contributed by atoms with van der Waals surface area (Å²) in [5.74, 6) is 0.334. The summed E-state index contributed by atoms with van der Waals surface area (Å²) in [5, 5.41) is 0. The molecule has 0 bridgehead atoms. The molecule has 0 aromatic carbocycles. The Hall–Kier alpha value is -0.650. The van der Waals surface area contributed by atoms with E-state index in [1.54, 1.807) is 4.90 Å². The van der Waals surface area contributed by atoms with E-state index in [9.17, 15) is 4.79 Å². The van der Waals surface area contributed by atoms with Gasteiger partial charge in [-0.1, -0.05) is 20.3 Å². The van der Waals surface area contributed by atoms with E-state index < -0.39 is 0 Å². The van der Waals surface area contributed by atoms with Crippen molar-refractivity contribution in [2.24, 2.45) is 11.7 Å². The summed E-state index contributed by atoms with van der Waals surface area (Å²) < 4.78 is 0. The fourth-order valence-corrected chi connectivity index (χ4v) is 2.46. The second-order valence-electron chi connectivity index (χ2n) is 6.17. The lowest BCUT2D eigenvalue weighted by molar-refractivity contribution is -0.132. The third kappa shape index (κ3) is 5.38. The molecule has 20 heavy (non-hydrogen) atoms. The van der Waals surface area contributed by atoms with Gasteiger partial charge < -0.3 is 20.4 Å². The van der Waals surface area contributed by atoms with Crippen molar-refractivity contribution in [2.45, 2.75) is 32.7 Å². The van der Waals surface area contributed by atoms with Crippen molar-refractivity contribution in [3.05, 3.63) is 0 Å². The van der Waals surface area contributed by atoms with E-state index in [4.69, 9.17) is 5.73 Å². The topological polar surface area (TPSA) is 52.8 Å². The van der Waals surface area contributed by atoms with E-state index in [-0.39, 0.29) is 17.9 Å². The molecule has 0 spiro atoms. The SMILES string of the molecule is CCC(C)C(N)C(=O)N(C)CCCN1CCN(C)CC1. The van der Waals surface area contributed by atoms with Gasteiger partial charge >= 0.3 is 0 Å². The second-order valence-corrected chi connectivity index (χ2v) is 6.17. The van der Waals surface area contributed by atoms with E-state index >= 15 is 0 Å². The van der Waals surface area contributed by atoms with Crippen molar-refractivity contribution >= 4 is 5.91 Å². The van der Waals surface area contributed by atoms with E-state index in [0.717, 1.165) is 52.1 Å². The molecule has 118 valence electrons. The van der Waals surface area contributed by atoms with E-state index in [1.807, 2.05) is 14.0 Å². The number of nitrogens with zero attached hydrogens (tertiary/aromatic N) is 3. The highest BCUT2D eigenvalue weighted by Crippen LogP contribution is 2.08. The monoisotopic (exact) mass is 284 g/mol. The van der Waals surface area contributed by atoms with Gasteiger partial charge in [-0.15, -0.1) is 0 Å². The molecule has 1 heterocycles. The number of hydrogen-bond acceptors (Lipinski definition) is 4. The van der Waals surface area contributed by atoms with Gasteiger partial charge in [0.25, 0.3) is 0 Å². The van der Waals surface area contributed by atoms with Gasteiger partial charge in [0.1, 0.15) is 0 Å². The Kier molecular flexibility index (Phi) is 7.48. The number of likely N-dealkylation sites (N-methyl/N-ethyl adjacent to an activating group) is 2. The molecule has 1 aliphatic heterocycles. The lowest BCUT2D eigenvalue weighted by Gasteiger charge is -2.33. The smallest absolute Gasteiger partial charge is 0.239 e. The third-order valence-electron chi connectivity index (χ3n) is 4.48. The van der Waals surface area contributed by atoms with Crippen molar-refractivity contribution in [3.8, 4) is 0 Å². The molecule has 1 amide bonds. The van der Waals surface area contributed by atoms with Crippen LogP contribution in [0, 0.1) is 5.92 Å². The van der Waals surface area contributed by atoms with Crippen LogP contribution in [0.25, 0.3) is 0 Å². The summed E-state index contributed by atoms with van der Waals surface area (Å²) in [6.45, 7) is 10.6. The van der Waals surface area contributed by atoms with Crippen LogP contribution >= 0.6 is 0 Å². The van der Waals surface area contributed by atoms with E-state index in [1.165, 1.54) is 0 Å². The van der Waals surface area contributed by atoms with Crippen LogP contribution in [0.3, 0.4) is 0 Å². The summed E-state index contributed by atoms with van der Waals surface area (Å²) in [5.41, 5.74) is 5.99. The average Bonchev–Trinajstić information content (AvgIpc) is 2.46. The lowest BCUT2D eigenvalue weighted by Crippen LogP contribution is -2.47. The number of hydrogen-bond donors (Lipinski definition) is 1. The Morgan fingerprint density at radius 3 is 2.45 bits per heavy atom. The zero-order valence-corrected chi connectivity index (χ0v) is 13.6. The molecule has 0 radical (unpaired) electrons. The van der Waals surface area contributed by atoms with E-state index in [2.05, 4.69) is 23.8 Å². The Labute approximate surface area is 124 Å². The minimum Gasteiger partial charge on any atom is -0.344 e. The Bertz CT molecular complexity index is 290. The van der Waals surface area contributed by atoms with Crippen LogP contribution in [0.15, 0.2) is 0 Å². The molecule has 0 aliphatic carbocycles. The highest BCUT2D eigenvalue weighted by atomic mass is 16.2. The molecule has 2 unspecified atom stereocenters. The van der Waals surface area contributed by atoms with Crippen molar-refractivity contribution in [3.63, 3.8) is 0 Å². The van der Waals surface area contributed by atoms with Gasteiger partial charge in [0.15, 0.2) is 0 Å². The van der Waals surface area contributed by atoms with Crippen LogP contribution in [0.1, 0.15) is 26.7 Å². The normalized spacial score (nSPS) is 20.6. The first-order valence-electron chi connectivity index (χ1n) is 7.87. The van der Waals surface area contributed by atoms with Crippen LogP contribution in [-0.2, 0) is 4.79 Å². The van der Waals surface area contributed by atoms with Crippen molar-refractivity contribution < 1.29 is 4.79 Å². The zero-order chi connectivity index (χ0) is 15.1. The summed E-state index contributed by atoms with van der Waals surface area (Å²) in [4.78, 5) is 18.8. The van der Waals surface area contributed by atoms with Crippen molar-refractivity contribution in [1.29, 1.82) is 0 Å². The third-order valence-corrected chi connectivity index (χ3v) is 4.48. The van der Waals surface area contributed by atoms with Crippen LogP contribution < -0.4 is 5.73 Å². The largest absolute Gasteiger partial charge is 0.344 e. The number of amides is 1. The van der Waals surface area contributed by atoms with Gasteiger partial charge in [-0.05, 0) is 25.9 Å². The highest BCUT2D eigenvalue weighted by Gasteiger charge is 2.22. The predicted molar refractivity (Wildman–Crippen MR) is 83.6 cm³/mol. The fourth-order valence-electron chi connectivity index (χ4n) is 2.46. The molecule has 2 N–H and O–H groups in total. The molecular formula is C15H32N4O. The van der Waals surface area contributed by atoms with Gasteiger partial charge in [-0.25, -0.2) is 0 Å². The van der Waals surface area contributed by atoms with Crippen LogP contribution in [0.5, 0.6) is 0 Å². The first kappa shape index (κ1) is 17.4. The van der Waals surface area contributed by atoms with Gasteiger partial charge in [-0.2, -0.15) is 0 Å². The summed E-state index contributed by atoms with van der Waals surface area (Å²) in [6.07, 6.45) is 1.97. The molecule has 0 aromatic rings. The van der Waals surface area contributed by atoms with Gasteiger partial charge in [0, 0.05) is 39.8 Å². The maximum Gasteiger partial charge on any atom is 0.239 e. The molecular weight excluding hydrogens is 252 g/mol. The minimum absolute atomic E-state index is 0.0812. The van der Waals surface area contributed by atoms with Gasteiger partial charge in [-0.3, -0.25) is 4.79 Å². The number of nitrogens with two attached hydrogens (primary N) is 1. The molecule has 1 fully saturated rings. The number of piperazine rings is 1. The zero-order valence-electron chi connectivity index (χ0n) is 13.6. The first-order chi connectivity index (χ1) is 9.45. The van der Waals surface area contributed by atoms with Crippen molar-refractivity contribution in [2.75, 3.05) is 53.4 Å². The maximum absolute atomic E-state index is 12.1. The molecule has 2 atom stereocenters. The summed E-state index contributed by atoms with van der Waals surface area (Å²) in [6, 6.07) is -0.353. The average molecular weight is 284 g/mol. The summed E-state index contributed by atoms with van der Waals surface area (Å²) in [7, 11) is 4.04. The predicted octanol–water partition coefficient (Wildman–Crippen LogP) is 0.456. The molecule has 1 aliphatic rings. The molecule has 0 aromatic heterocycles. The van der Waals surface area contributed by atoms with Crippen LogP contribution in [0.2, 0.25) is 0 Å². The maximum atomic E-state index is 12.1. The molecule has 1 rings (SSSR count). The quantitative estimate of drug-likeness (QED) is 0.738. The van der Waals surface area contributed by atoms with Gasteiger partial charge in [0.05, 0.1) is 6.04 Å². The number of rotatable bonds is 7. The lowest BCUT2D eigenvalue weighted by atomic mass is 9.99. The van der Waals surface area contributed by atoms with E-state index in [0.29, 0.717) is 0 Å². The molecule has 0 saturated carbocycles. The Morgan fingerprint density at radius 2 is 1.90 bits per heavy atom. The number of carbonyl (C=O) groups excluding carboxylic acids is 1. The molecule has 1 saturated heterocycles. The second kappa shape index (κ2) is 8.60. The first-order valence-corrected chi connectivity index (χ1v) is 7.87. The molecule has 5 heteroatoms. The van der Waals surface area contributed by atoms with Crippen LogP contribution in [-0.4, -0.2) is 80.0 Å². The Balaban J connectivity index is 2.22. The van der Waals surface area contributed by atoms with Gasteiger partial charge in [0.2, 0.25) is 5.91 Å². The minimum atomic E-state index is -0.353. The standard InChI is InChI=1S/C15H32N4O/c1-5-13(2)14(16)15(20)18(4)7-6-8-19-11-9-17(3)10-12-19/h13-14H,5-12,16H2,1-4H3. The fraction of sp³-hybridized carbons (Fsp3) is 0.933. The highest BCUT2D eigenvalue weighted by molar-refractivity contribution is 5.81. The van der Waals surface area contributed by atoms with Crippen molar-refractivity contribution in [1.82, 2.24) is 14.7 Å². The number of carbonyl (C=O) groups is 1. The Morgan fingerprint density at radius 1 is 1.30 bits per heavy atom.